The third-order valence-electron chi connectivity index (χ3n) is 9.47. The number of ketones is 1. The molecule has 0 aromatic heterocycles. The molecule has 0 bridgehead atoms. The van der Waals surface area contributed by atoms with Gasteiger partial charge >= 0.3 is 0 Å². The minimum atomic E-state index is -0.244. The van der Waals surface area contributed by atoms with Crippen LogP contribution in [0.2, 0.25) is 0 Å². The first kappa shape index (κ1) is 40.0. The number of aliphatic hydroxyl groups is 1. The highest BCUT2D eigenvalue weighted by atomic mass is 35.5. The summed E-state index contributed by atoms with van der Waals surface area (Å²) in [6.45, 7) is 4.71. The van der Waals surface area contributed by atoms with Crippen molar-refractivity contribution < 1.29 is 32.3 Å². The van der Waals surface area contributed by atoms with E-state index in [2.05, 4.69) is 59.5 Å². The average Bonchev–Trinajstić information content (AvgIpc) is 3.12. The number of benzene rings is 4. The van der Waals surface area contributed by atoms with Crippen LogP contribution in [0.1, 0.15) is 91.3 Å². The number of nitrogens with one attached hydrogen (secondary N) is 1. The number of phenolic OH excluding ortho intramolecular Hbond substituents is 1. The Kier molecular flexibility index (Phi) is 19.4. The maximum atomic E-state index is 13.5. The van der Waals surface area contributed by atoms with Crippen LogP contribution >= 0.6 is 0 Å². The van der Waals surface area contributed by atoms with Crippen molar-refractivity contribution in [2.45, 2.75) is 89.8 Å². The Morgan fingerprint density at radius 1 is 0.633 bits per heavy atom. The summed E-state index contributed by atoms with van der Waals surface area (Å²) in [6, 6.07) is 38.1. The van der Waals surface area contributed by atoms with Gasteiger partial charge in [-0.2, -0.15) is 0 Å². The molecule has 5 nitrogen and oxygen atoms in total. The molecule has 0 fully saturated rings. The Bertz CT molecular complexity index is 1420. The number of Topliss-reactive ketones (excluding diaryl/α,β-unsaturated/α-hetero) is 1. The van der Waals surface area contributed by atoms with E-state index in [1.165, 1.54) is 67.4 Å². The van der Waals surface area contributed by atoms with Gasteiger partial charge in [0.05, 0.1) is 6.54 Å². The zero-order valence-corrected chi connectivity index (χ0v) is 30.0. The largest absolute Gasteiger partial charge is 1.00 e. The first-order valence-corrected chi connectivity index (χ1v) is 18.3. The van der Waals surface area contributed by atoms with E-state index in [4.69, 9.17) is 0 Å². The molecule has 0 radical (unpaired) electrons. The topological polar surface area (TPSA) is 65.2 Å². The van der Waals surface area contributed by atoms with Gasteiger partial charge in [-0.05, 0) is 49.4 Å². The number of halogens is 1. The van der Waals surface area contributed by atoms with Crippen molar-refractivity contribution >= 4 is 5.78 Å². The van der Waals surface area contributed by atoms with Gasteiger partial charge in [-0.15, -0.1) is 0 Å². The summed E-state index contributed by atoms with van der Waals surface area (Å²) in [5, 5.41) is 20.1. The number of phenols is 1. The molecule has 2 unspecified atom stereocenters. The van der Waals surface area contributed by atoms with E-state index >= 15 is 0 Å². The molecular weight excluding hydrogens is 628 g/mol. The smallest absolute Gasteiger partial charge is 0.220 e. The van der Waals surface area contributed by atoms with Crippen molar-refractivity contribution in [1.82, 2.24) is 4.90 Å². The number of unbranched alkanes of at least 4 members (excludes halogenated alkanes) is 8. The highest BCUT2D eigenvalue weighted by Gasteiger charge is 2.30. The molecule has 4 rings (SSSR count). The number of carbonyl (C=O) groups excluding carboxylic acids is 1. The summed E-state index contributed by atoms with van der Waals surface area (Å²) in [5.74, 6) is 0.529. The second kappa shape index (κ2) is 23.8. The van der Waals surface area contributed by atoms with Gasteiger partial charge in [-0.1, -0.05) is 148 Å². The minimum absolute atomic E-state index is 0. The highest BCUT2D eigenvalue weighted by Crippen LogP contribution is 2.18. The lowest BCUT2D eigenvalue weighted by atomic mass is 9.99. The summed E-state index contributed by atoms with van der Waals surface area (Å²) >= 11 is 0. The van der Waals surface area contributed by atoms with E-state index in [-0.39, 0.29) is 30.8 Å². The van der Waals surface area contributed by atoms with Gasteiger partial charge in [0.25, 0.3) is 0 Å². The van der Waals surface area contributed by atoms with Crippen molar-refractivity contribution in [2.75, 3.05) is 26.2 Å². The van der Waals surface area contributed by atoms with Gasteiger partial charge in [0.2, 0.25) is 5.78 Å². The fourth-order valence-electron chi connectivity index (χ4n) is 6.73. The van der Waals surface area contributed by atoms with E-state index in [0.717, 1.165) is 56.7 Å². The number of para-hydroxylation sites is 1. The quantitative estimate of drug-likeness (QED) is 0.0742. The number of quaternary nitrogens is 1. The lowest BCUT2D eigenvalue weighted by Gasteiger charge is -2.28. The second-order valence-electron chi connectivity index (χ2n) is 13.2. The number of carbonyl (C=O) groups is 1. The standard InChI is InChI=1S/C43H56N2O3.ClH/c46-34-30-41(43(48)40-26-15-10-16-27-40)45(36-38-23-13-9-14-24-38)32-20-7-5-3-1-2-4-6-19-31-44(35-37-21-11-8-12-22-37)33-29-39-25-17-18-28-42(39)47;/h8-18,21-28,41,46-47H,1-7,19-20,29-36H2;1H. The highest BCUT2D eigenvalue weighted by molar-refractivity contribution is 5.99. The Balaban J connectivity index is 0.00000650. The van der Waals surface area contributed by atoms with E-state index in [0.29, 0.717) is 12.2 Å². The first-order valence-electron chi connectivity index (χ1n) is 18.3. The number of hydrogen-bond acceptors (Lipinski definition) is 4. The van der Waals surface area contributed by atoms with Crippen molar-refractivity contribution in [3.8, 4) is 5.75 Å². The van der Waals surface area contributed by atoms with Gasteiger partial charge < -0.3 is 27.5 Å². The Hall–Kier alpha value is -3.48. The lowest BCUT2D eigenvalue weighted by Crippen LogP contribution is -3.15. The molecule has 0 saturated carbocycles. The predicted molar refractivity (Wildman–Crippen MR) is 197 cm³/mol. The van der Waals surface area contributed by atoms with Crippen LogP contribution in [0.25, 0.3) is 0 Å². The fourth-order valence-corrected chi connectivity index (χ4v) is 6.73. The summed E-state index contributed by atoms with van der Waals surface area (Å²) in [4.78, 5) is 17.3. The number of aliphatic hydroxyl groups excluding tert-OH is 1. The predicted octanol–water partition coefficient (Wildman–Crippen LogP) is 4.67. The third-order valence-corrected chi connectivity index (χ3v) is 9.47. The number of aromatic hydroxyl groups is 1. The van der Waals surface area contributed by atoms with Crippen molar-refractivity contribution in [3.05, 3.63) is 138 Å². The average molecular weight is 685 g/mol. The van der Waals surface area contributed by atoms with Crippen LogP contribution in [-0.2, 0) is 19.5 Å². The molecule has 0 saturated heterocycles. The van der Waals surface area contributed by atoms with E-state index < -0.39 is 0 Å². The zero-order chi connectivity index (χ0) is 33.7. The molecule has 0 amide bonds. The van der Waals surface area contributed by atoms with E-state index in [1.807, 2.05) is 54.6 Å². The first-order chi connectivity index (χ1) is 23.6. The Morgan fingerprint density at radius 2 is 1.16 bits per heavy atom. The monoisotopic (exact) mass is 684 g/mol. The molecule has 4 aromatic carbocycles. The normalized spacial score (nSPS) is 12.4. The molecule has 49 heavy (non-hydrogen) atoms. The van der Waals surface area contributed by atoms with Crippen LogP contribution in [0.5, 0.6) is 5.75 Å². The van der Waals surface area contributed by atoms with Gasteiger partial charge in [0.1, 0.15) is 12.3 Å². The van der Waals surface area contributed by atoms with E-state index in [9.17, 15) is 15.0 Å². The van der Waals surface area contributed by atoms with Crippen LogP contribution in [0.3, 0.4) is 0 Å². The SMILES string of the molecule is O=C(c1ccccc1)C(CCO)[NH+](CCCCCCCCCCCN(CCc1ccccc1O)Cc1ccccc1)Cc1ccccc1.[Cl-]. The molecule has 6 heteroatoms. The summed E-state index contributed by atoms with van der Waals surface area (Å²) in [6.07, 6.45) is 12.4. The third kappa shape index (κ3) is 14.9. The molecule has 0 heterocycles. The molecule has 4 aromatic rings. The molecule has 0 aliphatic carbocycles. The van der Waals surface area contributed by atoms with Crippen LogP contribution < -0.4 is 17.3 Å². The van der Waals surface area contributed by atoms with Crippen molar-refractivity contribution in [2.24, 2.45) is 0 Å². The summed E-state index contributed by atoms with van der Waals surface area (Å²) in [7, 11) is 0. The van der Waals surface area contributed by atoms with Crippen molar-refractivity contribution in [1.29, 1.82) is 0 Å². The Morgan fingerprint density at radius 3 is 1.78 bits per heavy atom. The van der Waals surface area contributed by atoms with Gasteiger partial charge in [-0.3, -0.25) is 9.69 Å². The van der Waals surface area contributed by atoms with Gasteiger partial charge in [0, 0.05) is 37.2 Å². The maximum absolute atomic E-state index is 13.5. The number of nitrogens with zero attached hydrogens (tertiary/aromatic N) is 1. The number of hydrogen-bond donors (Lipinski definition) is 3. The lowest BCUT2D eigenvalue weighted by molar-refractivity contribution is -0.929. The second-order valence-corrected chi connectivity index (χ2v) is 13.2. The molecule has 3 N–H and O–H groups in total. The van der Waals surface area contributed by atoms with E-state index in [1.54, 1.807) is 6.07 Å². The van der Waals surface area contributed by atoms with Crippen LogP contribution in [-0.4, -0.2) is 53.2 Å². The summed E-state index contributed by atoms with van der Waals surface area (Å²) in [5.41, 5.74) is 4.32. The summed E-state index contributed by atoms with van der Waals surface area (Å²) < 4.78 is 0. The molecular formula is C43H57ClN2O3. The van der Waals surface area contributed by atoms with Crippen molar-refractivity contribution in [3.63, 3.8) is 0 Å². The minimum Gasteiger partial charge on any atom is -1.00 e. The maximum Gasteiger partial charge on any atom is 0.220 e. The number of rotatable bonds is 24. The molecule has 0 spiro atoms. The van der Waals surface area contributed by atoms with Gasteiger partial charge in [-0.25, -0.2) is 0 Å². The van der Waals surface area contributed by atoms with Gasteiger partial charge in [0.15, 0.2) is 6.04 Å². The molecule has 264 valence electrons. The Labute approximate surface area is 301 Å². The zero-order valence-electron chi connectivity index (χ0n) is 29.2. The van der Waals surface area contributed by atoms with Crippen LogP contribution in [0, 0.1) is 0 Å². The van der Waals surface area contributed by atoms with Crippen LogP contribution in [0.15, 0.2) is 115 Å². The molecule has 2 atom stereocenters. The fraction of sp³-hybridized carbons (Fsp3) is 0.419. The van der Waals surface area contributed by atoms with Crippen LogP contribution in [0.4, 0.5) is 0 Å². The molecule has 0 aliphatic heterocycles. The molecule has 0 aliphatic rings.